The maximum absolute atomic E-state index is 13.1. The van der Waals surface area contributed by atoms with Gasteiger partial charge in [-0.05, 0) is 68.9 Å². The second-order valence-corrected chi connectivity index (χ2v) is 8.97. The standard InChI is InChI=1S/C26H31ClN2O4/c1-5-6-15-33-21-12-9-19(16-17(21)2)24(30)22-23(18-7-10-20(27)11-8-18)29(14-13-28(3)4)26(32)25(22)31/h7-12,16,23,30H,5-6,13-15H2,1-4H3/t23-/m1/s1. The van der Waals surface area contributed by atoms with E-state index in [2.05, 4.69) is 6.92 Å². The quantitative estimate of drug-likeness (QED) is 0.246. The normalized spacial score (nSPS) is 17.8. The Balaban J connectivity index is 2.04. The van der Waals surface area contributed by atoms with E-state index >= 15 is 0 Å². The minimum atomic E-state index is -0.692. The first-order chi connectivity index (χ1) is 15.7. The van der Waals surface area contributed by atoms with Crippen molar-refractivity contribution in [2.45, 2.75) is 32.7 Å². The topological polar surface area (TPSA) is 70.1 Å². The zero-order valence-corrected chi connectivity index (χ0v) is 20.4. The molecule has 176 valence electrons. The zero-order valence-electron chi connectivity index (χ0n) is 19.6. The fourth-order valence-electron chi connectivity index (χ4n) is 3.85. The lowest BCUT2D eigenvalue weighted by Gasteiger charge is -2.26. The Morgan fingerprint density at radius 1 is 1.15 bits per heavy atom. The van der Waals surface area contributed by atoms with E-state index in [0.29, 0.717) is 30.3 Å². The highest BCUT2D eigenvalue weighted by molar-refractivity contribution is 6.46. The molecule has 1 heterocycles. The summed E-state index contributed by atoms with van der Waals surface area (Å²) < 4.78 is 5.80. The number of aryl methyl sites for hydroxylation is 1. The van der Waals surface area contributed by atoms with Gasteiger partial charge in [-0.3, -0.25) is 9.59 Å². The SMILES string of the molecule is CCCCOc1ccc(C(O)=C2C(=O)C(=O)N(CCN(C)C)[C@@H]2c2ccc(Cl)cc2)cc1C. The van der Waals surface area contributed by atoms with Crippen LogP contribution in [0.25, 0.3) is 5.76 Å². The number of nitrogens with zero attached hydrogens (tertiary/aromatic N) is 2. The van der Waals surface area contributed by atoms with E-state index in [-0.39, 0.29) is 11.3 Å². The van der Waals surface area contributed by atoms with Crippen LogP contribution >= 0.6 is 11.6 Å². The van der Waals surface area contributed by atoms with Gasteiger partial charge in [-0.25, -0.2) is 0 Å². The molecule has 6 nitrogen and oxygen atoms in total. The lowest BCUT2D eigenvalue weighted by Crippen LogP contribution is -2.35. The Morgan fingerprint density at radius 2 is 1.85 bits per heavy atom. The molecule has 33 heavy (non-hydrogen) atoms. The monoisotopic (exact) mass is 470 g/mol. The van der Waals surface area contributed by atoms with E-state index in [1.807, 2.05) is 25.9 Å². The Labute approximate surface area is 200 Å². The summed E-state index contributed by atoms with van der Waals surface area (Å²) in [7, 11) is 3.81. The van der Waals surface area contributed by atoms with Crippen LogP contribution < -0.4 is 4.74 Å². The molecule has 1 amide bonds. The first kappa shape index (κ1) is 24.8. The Morgan fingerprint density at radius 3 is 2.45 bits per heavy atom. The molecule has 1 aliphatic rings. The van der Waals surface area contributed by atoms with Crippen molar-refractivity contribution in [2.24, 2.45) is 0 Å². The third-order valence-corrected chi connectivity index (χ3v) is 5.97. The highest BCUT2D eigenvalue weighted by atomic mass is 35.5. The summed E-state index contributed by atoms with van der Waals surface area (Å²) in [5.41, 5.74) is 2.12. The second kappa shape index (κ2) is 10.9. The van der Waals surface area contributed by atoms with Crippen LogP contribution in [0.5, 0.6) is 5.75 Å². The number of likely N-dealkylation sites (tertiary alicyclic amines) is 1. The van der Waals surface area contributed by atoms with Gasteiger partial charge in [0.15, 0.2) is 0 Å². The van der Waals surface area contributed by atoms with Gasteiger partial charge >= 0.3 is 0 Å². The molecular weight excluding hydrogens is 440 g/mol. The molecule has 0 unspecified atom stereocenters. The number of halogens is 1. The fourth-order valence-corrected chi connectivity index (χ4v) is 3.98. The molecule has 1 atom stereocenters. The van der Waals surface area contributed by atoms with Gasteiger partial charge in [0, 0.05) is 23.7 Å². The molecular formula is C26H31ClN2O4. The lowest BCUT2D eigenvalue weighted by molar-refractivity contribution is -0.140. The minimum Gasteiger partial charge on any atom is -0.507 e. The van der Waals surface area contributed by atoms with Gasteiger partial charge in [0.2, 0.25) is 0 Å². The number of amides is 1. The lowest BCUT2D eigenvalue weighted by atomic mass is 9.95. The van der Waals surface area contributed by atoms with Crippen molar-refractivity contribution in [3.63, 3.8) is 0 Å². The fraction of sp³-hybridized carbons (Fsp3) is 0.385. The van der Waals surface area contributed by atoms with Gasteiger partial charge in [0.1, 0.15) is 11.5 Å². The van der Waals surface area contributed by atoms with E-state index in [4.69, 9.17) is 16.3 Å². The number of hydrogen-bond acceptors (Lipinski definition) is 5. The van der Waals surface area contributed by atoms with Crippen LogP contribution in [0.4, 0.5) is 0 Å². The van der Waals surface area contributed by atoms with Crippen molar-refractivity contribution >= 4 is 29.1 Å². The summed E-state index contributed by atoms with van der Waals surface area (Å²) in [6.45, 7) is 5.55. The first-order valence-corrected chi connectivity index (χ1v) is 11.5. The molecule has 2 aromatic rings. The van der Waals surface area contributed by atoms with Crippen molar-refractivity contribution in [1.29, 1.82) is 0 Å². The van der Waals surface area contributed by atoms with Crippen molar-refractivity contribution < 1.29 is 19.4 Å². The maximum Gasteiger partial charge on any atom is 0.295 e. The van der Waals surface area contributed by atoms with Crippen LogP contribution in [0.15, 0.2) is 48.0 Å². The predicted molar refractivity (Wildman–Crippen MR) is 131 cm³/mol. The Bertz CT molecular complexity index is 1050. The van der Waals surface area contributed by atoms with Gasteiger partial charge < -0.3 is 19.6 Å². The van der Waals surface area contributed by atoms with Crippen LogP contribution in [0, 0.1) is 6.92 Å². The third-order valence-electron chi connectivity index (χ3n) is 5.72. The average Bonchev–Trinajstić information content (AvgIpc) is 3.03. The van der Waals surface area contributed by atoms with Gasteiger partial charge in [-0.15, -0.1) is 0 Å². The van der Waals surface area contributed by atoms with E-state index in [9.17, 15) is 14.7 Å². The Hall–Kier alpha value is -2.83. The molecule has 2 aromatic carbocycles. The van der Waals surface area contributed by atoms with Crippen LogP contribution in [0.2, 0.25) is 5.02 Å². The molecule has 1 aliphatic heterocycles. The summed E-state index contributed by atoms with van der Waals surface area (Å²) in [6.07, 6.45) is 2.00. The number of unbranched alkanes of at least 4 members (excludes halogenated alkanes) is 1. The van der Waals surface area contributed by atoms with Crippen molar-refractivity contribution in [3.05, 3.63) is 69.8 Å². The molecule has 0 radical (unpaired) electrons. The van der Waals surface area contributed by atoms with Gasteiger partial charge in [0.05, 0.1) is 18.2 Å². The molecule has 0 aromatic heterocycles. The molecule has 7 heteroatoms. The summed E-state index contributed by atoms with van der Waals surface area (Å²) in [5.74, 6) is -0.758. The van der Waals surface area contributed by atoms with Crippen LogP contribution in [-0.2, 0) is 9.59 Å². The molecule has 1 fully saturated rings. The molecule has 0 saturated carbocycles. The number of ketones is 1. The van der Waals surface area contributed by atoms with Gasteiger partial charge in [0.25, 0.3) is 11.7 Å². The molecule has 0 aliphatic carbocycles. The van der Waals surface area contributed by atoms with Crippen molar-refractivity contribution in [1.82, 2.24) is 9.80 Å². The van der Waals surface area contributed by atoms with Gasteiger partial charge in [-0.1, -0.05) is 37.1 Å². The minimum absolute atomic E-state index is 0.0835. The molecule has 1 saturated heterocycles. The molecule has 3 rings (SSSR count). The molecule has 1 N–H and O–H groups in total. The molecule has 0 spiro atoms. The summed E-state index contributed by atoms with van der Waals surface area (Å²) >= 11 is 6.06. The maximum atomic E-state index is 13.1. The van der Waals surface area contributed by atoms with E-state index < -0.39 is 17.7 Å². The predicted octanol–water partition coefficient (Wildman–Crippen LogP) is 4.81. The van der Waals surface area contributed by atoms with E-state index in [1.54, 1.807) is 42.5 Å². The number of rotatable bonds is 9. The van der Waals surface area contributed by atoms with Gasteiger partial charge in [-0.2, -0.15) is 0 Å². The number of Topliss-reactive ketones (excluding diaryl/α,β-unsaturated/α-hetero) is 1. The number of carbonyl (C=O) groups is 2. The molecule has 0 bridgehead atoms. The number of hydrogen-bond donors (Lipinski definition) is 1. The van der Waals surface area contributed by atoms with Crippen molar-refractivity contribution in [2.75, 3.05) is 33.8 Å². The van der Waals surface area contributed by atoms with E-state index in [0.717, 1.165) is 29.7 Å². The number of aliphatic hydroxyl groups excluding tert-OH is 1. The first-order valence-electron chi connectivity index (χ1n) is 11.2. The highest BCUT2D eigenvalue weighted by Crippen LogP contribution is 2.40. The largest absolute Gasteiger partial charge is 0.507 e. The summed E-state index contributed by atoms with van der Waals surface area (Å²) in [5, 5.41) is 11.8. The highest BCUT2D eigenvalue weighted by Gasteiger charge is 2.45. The average molecular weight is 471 g/mol. The number of benzene rings is 2. The summed E-state index contributed by atoms with van der Waals surface area (Å²) in [6, 6.07) is 11.6. The zero-order chi connectivity index (χ0) is 24.1. The van der Waals surface area contributed by atoms with E-state index in [1.165, 1.54) is 4.90 Å². The van der Waals surface area contributed by atoms with Crippen molar-refractivity contribution in [3.8, 4) is 5.75 Å². The number of likely N-dealkylation sites (N-methyl/N-ethyl adjacent to an activating group) is 1. The number of ether oxygens (including phenoxy) is 1. The Kier molecular flexibility index (Phi) is 8.16. The number of aliphatic hydroxyl groups is 1. The smallest absolute Gasteiger partial charge is 0.295 e. The second-order valence-electron chi connectivity index (χ2n) is 8.53. The third kappa shape index (κ3) is 5.57. The van der Waals surface area contributed by atoms with Crippen LogP contribution in [0.1, 0.15) is 42.5 Å². The number of carbonyl (C=O) groups excluding carboxylic acids is 2. The summed E-state index contributed by atoms with van der Waals surface area (Å²) in [4.78, 5) is 29.5. The van der Waals surface area contributed by atoms with Crippen LogP contribution in [-0.4, -0.2) is 60.4 Å². The van der Waals surface area contributed by atoms with Crippen LogP contribution in [0.3, 0.4) is 0 Å².